The number of carbonyl (C=O) groups excluding carboxylic acids is 4. The molecule has 1 aliphatic heterocycles. The Morgan fingerprint density at radius 2 is 1.09 bits per heavy atom. The van der Waals surface area contributed by atoms with Crippen molar-refractivity contribution in [3.05, 3.63) is 95.1 Å². The van der Waals surface area contributed by atoms with Gasteiger partial charge in [-0.3, -0.25) is 19.2 Å². The maximum Gasteiger partial charge on any atom is 0.255 e. The van der Waals surface area contributed by atoms with Gasteiger partial charge in [-0.25, -0.2) is 0 Å². The first kappa shape index (κ1) is 23.8. The van der Waals surface area contributed by atoms with Crippen molar-refractivity contribution >= 4 is 35.4 Å². The van der Waals surface area contributed by atoms with Crippen molar-refractivity contribution in [3.8, 4) is 0 Å². The van der Waals surface area contributed by atoms with Gasteiger partial charge in [0.15, 0.2) is 0 Å². The highest BCUT2D eigenvalue weighted by Gasteiger charge is 2.20. The second kappa shape index (κ2) is 10.8. The molecule has 1 aliphatic rings. The standard InChI is InChI=1S/C27H26N4O4/c1-30-14-16-31(17-15-30)27(35)22-8-12-24(13-9-22)29-26(34)21-6-4-20(5-7-21)25(33)28-23-10-2-19(18-32)3-11-23/h2-13,18H,14-17H2,1H3,(H,28,33)(H,29,34). The van der Waals surface area contributed by atoms with Crippen LogP contribution in [0.3, 0.4) is 0 Å². The number of hydrogen-bond acceptors (Lipinski definition) is 5. The molecule has 8 nitrogen and oxygen atoms in total. The van der Waals surface area contributed by atoms with Gasteiger partial charge in [0.05, 0.1) is 0 Å². The van der Waals surface area contributed by atoms with Gasteiger partial charge in [-0.2, -0.15) is 0 Å². The Morgan fingerprint density at radius 3 is 1.54 bits per heavy atom. The molecule has 0 atom stereocenters. The summed E-state index contributed by atoms with van der Waals surface area (Å²) in [6.45, 7) is 3.12. The van der Waals surface area contributed by atoms with Crippen LogP contribution in [0.25, 0.3) is 0 Å². The van der Waals surface area contributed by atoms with E-state index in [-0.39, 0.29) is 17.7 Å². The first-order valence-corrected chi connectivity index (χ1v) is 11.3. The molecule has 3 amide bonds. The number of carbonyl (C=O) groups is 4. The summed E-state index contributed by atoms with van der Waals surface area (Å²) >= 11 is 0. The third-order valence-electron chi connectivity index (χ3n) is 5.89. The van der Waals surface area contributed by atoms with Crippen LogP contribution < -0.4 is 10.6 Å². The number of rotatable bonds is 6. The van der Waals surface area contributed by atoms with Crippen molar-refractivity contribution in [1.29, 1.82) is 0 Å². The fraction of sp³-hybridized carbons (Fsp3) is 0.185. The van der Waals surface area contributed by atoms with Gasteiger partial charge in [0, 0.05) is 59.8 Å². The van der Waals surface area contributed by atoms with E-state index in [1.165, 1.54) is 0 Å². The number of hydrogen-bond donors (Lipinski definition) is 2. The molecule has 0 spiro atoms. The Kier molecular flexibility index (Phi) is 7.32. The zero-order valence-electron chi connectivity index (χ0n) is 19.4. The highest BCUT2D eigenvalue weighted by molar-refractivity contribution is 6.07. The van der Waals surface area contributed by atoms with Gasteiger partial charge in [0.25, 0.3) is 17.7 Å². The molecule has 0 aromatic heterocycles. The molecule has 3 aromatic rings. The molecule has 8 heteroatoms. The van der Waals surface area contributed by atoms with Crippen molar-refractivity contribution in [2.24, 2.45) is 0 Å². The van der Waals surface area contributed by atoms with Crippen LogP contribution in [0, 0.1) is 0 Å². The van der Waals surface area contributed by atoms with Crippen LogP contribution in [-0.4, -0.2) is 67.0 Å². The molecular weight excluding hydrogens is 444 g/mol. The lowest BCUT2D eigenvalue weighted by Crippen LogP contribution is -2.47. The normalized spacial score (nSPS) is 13.7. The van der Waals surface area contributed by atoms with Crippen molar-refractivity contribution in [2.45, 2.75) is 0 Å². The minimum Gasteiger partial charge on any atom is -0.336 e. The van der Waals surface area contributed by atoms with Crippen LogP contribution in [0.1, 0.15) is 41.4 Å². The number of amides is 3. The van der Waals surface area contributed by atoms with E-state index in [0.717, 1.165) is 19.4 Å². The average Bonchev–Trinajstić information content (AvgIpc) is 2.89. The summed E-state index contributed by atoms with van der Waals surface area (Å²) in [5.74, 6) is -0.652. The molecule has 178 valence electrons. The second-order valence-corrected chi connectivity index (χ2v) is 8.40. The quantitative estimate of drug-likeness (QED) is 0.538. The average molecular weight is 471 g/mol. The van der Waals surface area contributed by atoms with Crippen LogP contribution in [0.15, 0.2) is 72.8 Å². The van der Waals surface area contributed by atoms with Gasteiger partial charge in [0.2, 0.25) is 0 Å². The van der Waals surface area contributed by atoms with Crippen LogP contribution >= 0.6 is 0 Å². The first-order chi connectivity index (χ1) is 16.9. The van der Waals surface area contributed by atoms with E-state index in [1.807, 2.05) is 11.9 Å². The predicted molar refractivity (Wildman–Crippen MR) is 134 cm³/mol. The molecule has 2 N–H and O–H groups in total. The molecule has 0 aliphatic carbocycles. The summed E-state index contributed by atoms with van der Waals surface area (Å²) in [6.07, 6.45) is 0.734. The minimum absolute atomic E-state index is 0.00970. The molecule has 35 heavy (non-hydrogen) atoms. The third-order valence-corrected chi connectivity index (χ3v) is 5.89. The fourth-order valence-electron chi connectivity index (χ4n) is 3.71. The van der Waals surface area contributed by atoms with Gasteiger partial charge in [-0.05, 0) is 79.8 Å². The summed E-state index contributed by atoms with van der Waals surface area (Å²) in [7, 11) is 2.04. The Bertz CT molecular complexity index is 1210. The Hall–Kier alpha value is -4.30. The molecule has 0 saturated carbocycles. The van der Waals surface area contributed by atoms with E-state index in [2.05, 4.69) is 15.5 Å². The monoisotopic (exact) mass is 470 g/mol. The summed E-state index contributed by atoms with van der Waals surface area (Å²) < 4.78 is 0. The number of nitrogens with zero attached hydrogens (tertiary/aromatic N) is 2. The lowest BCUT2D eigenvalue weighted by atomic mass is 10.1. The zero-order valence-corrected chi connectivity index (χ0v) is 19.4. The lowest BCUT2D eigenvalue weighted by molar-refractivity contribution is 0.0664. The summed E-state index contributed by atoms with van der Waals surface area (Å²) in [5, 5.41) is 5.56. The molecule has 1 saturated heterocycles. The summed E-state index contributed by atoms with van der Waals surface area (Å²) in [4.78, 5) is 52.5. The second-order valence-electron chi connectivity index (χ2n) is 8.40. The van der Waals surface area contributed by atoms with E-state index in [4.69, 9.17) is 0 Å². The number of aldehydes is 1. The van der Waals surface area contributed by atoms with E-state index in [0.29, 0.717) is 46.7 Å². The molecule has 4 rings (SSSR count). The highest BCUT2D eigenvalue weighted by Crippen LogP contribution is 2.16. The van der Waals surface area contributed by atoms with Crippen molar-refractivity contribution in [1.82, 2.24) is 9.80 Å². The highest BCUT2D eigenvalue weighted by atomic mass is 16.2. The summed E-state index contributed by atoms with van der Waals surface area (Å²) in [6, 6.07) is 19.7. The molecule has 0 unspecified atom stereocenters. The fourth-order valence-corrected chi connectivity index (χ4v) is 3.71. The van der Waals surface area contributed by atoms with Crippen molar-refractivity contribution in [2.75, 3.05) is 43.9 Å². The molecule has 1 fully saturated rings. The molecule has 0 radical (unpaired) electrons. The number of benzene rings is 3. The van der Waals surface area contributed by atoms with Crippen LogP contribution in [0.2, 0.25) is 0 Å². The summed E-state index contributed by atoms with van der Waals surface area (Å²) in [5.41, 5.74) is 3.04. The topological polar surface area (TPSA) is 98.8 Å². The molecule has 3 aromatic carbocycles. The smallest absolute Gasteiger partial charge is 0.255 e. The van der Waals surface area contributed by atoms with Crippen LogP contribution in [0.4, 0.5) is 11.4 Å². The van der Waals surface area contributed by atoms with Gasteiger partial charge >= 0.3 is 0 Å². The maximum atomic E-state index is 12.7. The van der Waals surface area contributed by atoms with Gasteiger partial charge in [-0.15, -0.1) is 0 Å². The Morgan fingerprint density at radius 1 is 0.657 bits per heavy atom. The van der Waals surface area contributed by atoms with E-state index in [1.54, 1.807) is 72.8 Å². The lowest BCUT2D eigenvalue weighted by Gasteiger charge is -2.32. The largest absolute Gasteiger partial charge is 0.336 e. The van der Waals surface area contributed by atoms with Gasteiger partial charge in [-0.1, -0.05) is 0 Å². The minimum atomic E-state index is -0.323. The Labute approximate surface area is 203 Å². The maximum absolute atomic E-state index is 12.7. The number of anilines is 2. The van der Waals surface area contributed by atoms with Crippen LogP contribution in [0.5, 0.6) is 0 Å². The van der Waals surface area contributed by atoms with Crippen molar-refractivity contribution in [3.63, 3.8) is 0 Å². The van der Waals surface area contributed by atoms with E-state index >= 15 is 0 Å². The zero-order chi connectivity index (χ0) is 24.8. The number of piperazine rings is 1. The predicted octanol–water partition coefficient (Wildman–Crippen LogP) is 3.39. The van der Waals surface area contributed by atoms with Crippen LogP contribution in [-0.2, 0) is 0 Å². The molecule has 0 bridgehead atoms. The Balaban J connectivity index is 1.33. The number of nitrogens with one attached hydrogen (secondary N) is 2. The number of likely N-dealkylation sites (N-methyl/N-ethyl adjacent to an activating group) is 1. The van der Waals surface area contributed by atoms with E-state index < -0.39 is 0 Å². The first-order valence-electron chi connectivity index (χ1n) is 11.3. The third kappa shape index (κ3) is 5.99. The van der Waals surface area contributed by atoms with Crippen molar-refractivity contribution < 1.29 is 19.2 Å². The van der Waals surface area contributed by atoms with Gasteiger partial charge in [0.1, 0.15) is 6.29 Å². The van der Waals surface area contributed by atoms with E-state index in [9.17, 15) is 19.2 Å². The molecular formula is C27H26N4O4. The molecule has 1 heterocycles. The SMILES string of the molecule is CN1CCN(C(=O)c2ccc(NC(=O)c3ccc(C(=O)Nc4ccc(C=O)cc4)cc3)cc2)CC1. The van der Waals surface area contributed by atoms with Gasteiger partial charge < -0.3 is 20.4 Å².